The Hall–Kier alpha value is -1.42. The highest BCUT2D eigenvalue weighted by molar-refractivity contribution is 6.33. The predicted octanol–water partition coefficient (Wildman–Crippen LogP) is 2.84. The molecule has 0 aromatic heterocycles. The van der Waals surface area contributed by atoms with Gasteiger partial charge in [0.15, 0.2) is 0 Å². The summed E-state index contributed by atoms with van der Waals surface area (Å²) in [5, 5.41) is 5.88. The zero-order chi connectivity index (χ0) is 12.3. The molecular formula is C11H16ClN3O. The van der Waals surface area contributed by atoms with E-state index >= 15 is 0 Å². The second-order valence-electron chi connectivity index (χ2n) is 4.57. The maximum Gasteiger partial charge on any atom is 0.319 e. The number of hydrogen-bond acceptors (Lipinski definition) is 2. The standard InChI is InChI=1S/C11H16ClN3O/c1-11(2,3)15-10(16)14-7-4-5-9(13)8(12)6-7/h4-6H,13H2,1-3H3,(H2,14,15,16). The molecule has 0 saturated carbocycles. The van der Waals surface area contributed by atoms with Crippen LogP contribution in [0.1, 0.15) is 20.8 Å². The van der Waals surface area contributed by atoms with E-state index in [1.165, 1.54) is 0 Å². The topological polar surface area (TPSA) is 67.2 Å². The fourth-order valence-corrected chi connectivity index (χ4v) is 1.29. The Labute approximate surface area is 100 Å². The molecule has 4 nitrogen and oxygen atoms in total. The van der Waals surface area contributed by atoms with Gasteiger partial charge in [0.25, 0.3) is 0 Å². The minimum Gasteiger partial charge on any atom is -0.398 e. The third-order valence-electron chi connectivity index (χ3n) is 1.75. The number of urea groups is 1. The second-order valence-corrected chi connectivity index (χ2v) is 4.97. The first kappa shape index (κ1) is 12.6. The van der Waals surface area contributed by atoms with Crippen molar-refractivity contribution in [3.63, 3.8) is 0 Å². The number of halogens is 1. The van der Waals surface area contributed by atoms with Crippen LogP contribution in [0.25, 0.3) is 0 Å². The minimum atomic E-state index is -0.276. The van der Waals surface area contributed by atoms with Crippen LogP contribution in [0.2, 0.25) is 5.02 Å². The lowest BCUT2D eigenvalue weighted by atomic mass is 10.1. The van der Waals surface area contributed by atoms with Gasteiger partial charge >= 0.3 is 6.03 Å². The summed E-state index contributed by atoms with van der Waals surface area (Å²) in [6.07, 6.45) is 0. The Morgan fingerprint density at radius 2 is 2.00 bits per heavy atom. The number of anilines is 2. The quantitative estimate of drug-likeness (QED) is 0.662. The molecule has 0 aliphatic carbocycles. The molecule has 2 amide bonds. The number of carbonyl (C=O) groups excluding carboxylic acids is 1. The van der Waals surface area contributed by atoms with Gasteiger partial charge in [0.05, 0.1) is 10.7 Å². The van der Waals surface area contributed by atoms with Crippen LogP contribution in [0.15, 0.2) is 18.2 Å². The highest BCUT2D eigenvalue weighted by Crippen LogP contribution is 2.22. The first-order valence-electron chi connectivity index (χ1n) is 4.92. The van der Waals surface area contributed by atoms with Gasteiger partial charge in [-0.05, 0) is 39.0 Å². The molecule has 16 heavy (non-hydrogen) atoms. The van der Waals surface area contributed by atoms with Crippen molar-refractivity contribution in [2.45, 2.75) is 26.3 Å². The molecule has 0 spiro atoms. The van der Waals surface area contributed by atoms with E-state index in [9.17, 15) is 4.79 Å². The number of nitrogens with two attached hydrogens (primary N) is 1. The van der Waals surface area contributed by atoms with Gasteiger partial charge in [-0.3, -0.25) is 0 Å². The van der Waals surface area contributed by atoms with Gasteiger partial charge in [-0.25, -0.2) is 4.79 Å². The number of benzene rings is 1. The van der Waals surface area contributed by atoms with Crippen LogP contribution in [0, 0.1) is 0 Å². The van der Waals surface area contributed by atoms with E-state index in [0.717, 1.165) is 0 Å². The van der Waals surface area contributed by atoms with Crippen molar-refractivity contribution >= 4 is 29.0 Å². The number of amides is 2. The van der Waals surface area contributed by atoms with Gasteiger partial charge in [-0.15, -0.1) is 0 Å². The first-order chi connectivity index (χ1) is 7.28. The van der Waals surface area contributed by atoms with E-state index in [1.807, 2.05) is 20.8 Å². The highest BCUT2D eigenvalue weighted by Gasteiger charge is 2.13. The highest BCUT2D eigenvalue weighted by atomic mass is 35.5. The van der Waals surface area contributed by atoms with Gasteiger partial charge in [0.1, 0.15) is 0 Å². The summed E-state index contributed by atoms with van der Waals surface area (Å²) in [7, 11) is 0. The Morgan fingerprint density at radius 3 is 2.50 bits per heavy atom. The summed E-state index contributed by atoms with van der Waals surface area (Å²) in [4.78, 5) is 11.5. The molecule has 0 bridgehead atoms. The van der Waals surface area contributed by atoms with Gasteiger partial charge in [0.2, 0.25) is 0 Å². The third-order valence-corrected chi connectivity index (χ3v) is 2.07. The predicted molar refractivity (Wildman–Crippen MR) is 67.8 cm³/mol. The first-order valence-corrected chi connectivity index (χ1v) is 5.30. The number of nitrogen functional groups attached to an aromatic ring is 1. The number of carbonyl (C=O) groups is 1. The van der Waals surface area contributed by atoms with E-state index < -0.39 is 0 Å². The van der Waals surface area contributed by atoms with Crippen molar-refractivity contribution in [1.29, 1.82) is 0 Å². The summed E-state index contributed by atoms with van der Waals surface area (Å²) in [5.41, 5.74) is 6.39. The molecule has 0 saturated heterocycles. The van der Waals surface area contributed by atoms with Crippen molar-refractivity contribution in [3.05, 3.63) is 23.2 Å². The molecule has 5 heteroatoms. The molecule has 4 N–H and O–H groups in total. The van der Waals surface area contributed by atoms with Gasteiger partial charge in [-0.1, -0.05) is 11.6 Å². The number of rotatable bonds is 1. The molecular weight excluding hydrogens is 226 g/mol. The van der Waals surface area contributed by atoms with Crippen LogP contribution in [0.5, 0.6) is 0 Å². The van der Waals surface area contributed by atoms with Crippen molar-refractivity contribution in [2.24, 2.45) is 0 Å². The van der Waals surface area contributed by atoms with Crippen molar-refractivity contribution in [3.8, 4) is 0 Å². The number of hydrogen-bond donors (Lipinski definition) is 3. The van der Waals surface area contributed by atoms with E-state index in [-0.39, 0.29) is 11.6 Å². The van der Waals surface area contributed by atoms with Gasteiger partial charge in [0, 0.05) is 11.2 Å². The van der Waals surface area contributed by atoms with E-state index in [1.54, 1.807) is 18.2 Å². The molecule has 0 radical (unpaired) electrons. The molecule has 0 atom stereocenters. The van der Waals surface area contributed by atoms with Crippen molar-refractivity contribution in [2.75, 3.05) is 11.1 Å². The monoisotopic (exact) mass is 241 g/mol. The summed E-state index contributed by atoms with van der Waals surface area (Å²) in [5.74, 6) is 0. The SMILES string of the molecule is CC(C)(C)NC(=O)Nc1ccc(N)c(Cl)c1. The average Bonchev–Trinajstić information content (AvgIpc) is 2.08. The summed E-state index contributed by atoms with van der Waals surface area (Å²) >= 11 is 5.83. The molecule has 1 rings (SSSR count). The maximum atomic E-state index is 11.5. The molecule has 88 valence electrons. The zero-order valence-electron chi connectivity index (χ0n) is 9.60. The van der Waals surface area contributed by atoms with Crippen LogP contribution in [-0.2, 0) is 0 Å². The Bertz CT molecular complexity index is 399. The zero-order valence-corrected chi connectivity index (χ0v) is 10.4. The third kappa shape index (κ3) is 3.98. The lowest BCUT2D eigenvalue weighted by Crippen LogP contribution is -2.43. The molecule has 0 aliphatic heterocycles. The molecule has 0 unspecified atom stereocenters. The minimum absolute atomic E-state index is 0.270. The van der Waals surface area contributed by atoms with Crippen LogP contribution < -0.4 is 16.4 Å². The number of nitrogens with one attached hydrogen (secondary N) is 2. The van der Waals surface area contributed by atoms with E-state index in [0.29, 0.717) is 16.4 Å². The smallest absolute Gasteiger partial charge is 0.319 e. The van der Waals surface area contributed by atoms with Gasteiger partial charge in [-0.2, -0.15) is 0 Å². The summed E-state index contributed by atoms with van der Waals surface area (Å²) < 4.78 is 0. The molecule has 1 aromatic rings. The van der Waals surface area contributed by atoms with Crippen LogP contribution in [0.3, 0.4) is 0 Å². The average molecular weight is 242 g/mol. The normalized spacial score (nSPS) is 11.0. The molecule has 0 aliphatic rings. The molecule has 1 aromatic carbocycles. The summed E-state index contributed by atoms with van der Waals surface area (Å²) in [6.45, 7) is 5.72. The Morgan fingerprint density at radius 1 is 1.38 bits per heavy atom. The van der Waals surface area contributed by atoms with Crippen LogP contribution in [0.4, 0.5) is 16.2 Å². The molecule has 0 fully saturated rings. The van der Waals surface area contributed by atoms with Crippen molar-refractivity contribution in [1.82, 2.24) is 5.32 Å². The molecule has 0 heterocycles. The van der Waals surface area contributed by atoms with E-state index in [4.69, 9.17) is 17.3 Å². The maximum absolute atomic E-state index is 11.5. The Kier molecular flexibility index (Phi) is 3.65. The Balaban J connectivity index is 2.67. The van der Waals surface area contributed by atoms with Crippen LogP contribution >= 0.6 is 11.6 Å². The van der Waals surface area contributed by atoms with Gasteiger partial charge < -0.3 is 16.4 Å². The van der Waals surface area contributed by atoms with E-state index in [2.05, 4.69) is 10.6 Å². The lowest BCUT2D eigenvalue weighted by molar-refractivity contribution is 0.244. The van der Waals surface area contributed by atoms with Crippen LogP contribution in [-0.4, -0.2) is 11.6 Å². The second kappa shape index (κ2) is 4.61. The fraction of sp³-hybridized carbons (Fsp3) is 0.364. The summed E-state index contributed by atoms with van der Waals surface area (Å²) in [6, 6.07) is 4.69. The largest absolute Gasteiger partial charge is 0.398 e. The lowest BCUT2D eigenvalue weighted by Gasteiger charge is -2.20. The van der Waals surface area contributed by atoms with Crippen molar-refractivity contribution < 1.29 is 4.79 Å². The fourth-order valence-electron chi connectivity index (χ4n) is 1.11.